The third-order valence-electron chi connectivity index (χ3n) is 4.36. The first kappa shape index (κ1) is 18.9. The topological polar surface area (TPSA) is 98.2 Å². The summed E-state index contributed by atoms with van der Waals surface area (Å²) in [7, 11) is 0. The van der Waals surface area contributed by atoms with Crippen molar-refractivity contribution in [1.29, 1.82) is 0 Å². The lowest BCUT2D eigenvalue weighted by Crippen LogP contribution is -2.26. The van der Waals surface area contributed by atoms with Crippen LogP contribution in [-0.2, 0) is 6.42 Å². The molecule has 0 fully saturated rings. The van der Waals surface area contributed by atoms with Crippen LogP contribution in [0, 0.1) is 6.92 Å². The van der Waals surface area contributed by atoms with E-state index in [0.29, 0.717) is 34.1 Å². The Morgan fingerprint density at radius 3 is 2.76 bits per heavy atom. The van der Waals surface area contributed by atoms with Gasteiger partial charge in [-0.15, -0.1) is 0 Å². The number of benzene rings is 2. The van der Waals surface area contributed by atoms with Crippen molar-refractivity contribution >= 4 is 28.5 Å². The summed E-state index contributed by atoms with van der Waals surface area (Å²) in [5.41, 5.74) is 1.59. The number of hydrogen-bond acceptors (Lipinski definition) is 6. The van der Waals surface area contributed by atoms with Crippen molar-refractivity contribution in [2.45, 2.75) is 13.3 Å². The van der Waals surface area contributed by atoms with Gasteiger partial charge in [-0.25, -0.2) is 0 Å². The molecule has 1 amide bonds. The molecular weight excluding hydrogens is 394 g/mol. The van der Waals surface area contributed by atoms with E-state index in [2.05, 4.69) is 15.5 Å². The monoisotopic (exact) mass is 409 g/mol. The molecule has 0 atom stereocenters. The number of amides is 1. The lowest BCUT2D eigenvalue weighted by Gasteiger charge is -2.05. The Morgan fingerprint density at radius 1 is 1.17 bits per heavy atom. The molecule has 4 aromatic rings. The summed E-state index contributed by atoms with van der Waals surface area (Å²) >= 11 is 6.05. The van der Waals surface area contributed by atoms with E-state index >= 15 is 0 Å². The predicted molar refractivity (Wildman–Crippen MR) is 108 cm³/mol. The number of rotatable bonds is 5. The summed E-state index contributed by atoms with van der Waals surface area (Å²) < 4.78 is 10.8. The SMILES string of the molecule is Cc1cc2oc(C(=O)NCCc3nc(-c4ccccc4)no3)cc(=O)c2cc1Cl. The zero-order valence-corrected chi connectivity index (χ0v) is 16.2. The molecule has 0 spiro atoms. The molecular formula is C21H16ClN3O4. The number of aryl methyl sites for hydroxylation is 1. The number of carbonyl (C=O) groups excluding carboxylic acids is 1. The average molecular weight is 410 g/mol. The number of halogens is 1. The van der Waals surface area contributed by atoms with E-state index in [1.54, 1.807) is 19.1 Å². The minimum atomic E-state index is -0.501. The van der Waals surface area contributed by atoms with Crippen molar-refractivity contribution in [3.05, 3.63) is 81.0 Å². The second kappa shape index (κ2) is 7.89. The van der Waals surface area contributed by atoms with Crippen LogP contribution in [0.1, 0.15) is 22.0 Å². The van der Waals surface area contributed by atoms with Crippen molar-refractivity contribution in [1.82, 2.24) is 15.5 Å². The van der Waals surface area contributed by atoms with Gasteiger partial charge in [-0.3, -0.25) is 9.59 Å². The van der Waals surface area contributed by atoms with E-state index < -0.39 is 5.91 Å². The van der Waals surface area contributed by atoms with E-state index in [1.165, 1.54) is 0 Å². The molecule has 0 unspecified atom stereocenters. The standard InChI is InChI=1S/C21H16ClN3O4/c1-12-9-17-14(10-15(12)22)16(26)11-18(28-17)21(27)23-8-7-19-24-20(25-29-19)13-5-3-2-4-6-13/h2-6,9-11H,7-8H2,1H3,(H,23,27). The van der Waals surface area contributed by atoms with Crippen LogP contribution in [0.3, 0.4) is 0 Å². The first-order valence-electron chi connectivity index (χ1n) is 8.91. The van der Waals surface area contributed by atoms with E-state index in [4.69, 9.17) is 20.5 Å². The molecule has 0 aliphatic carbocycles. The van der Waals surface area contributed by atoms with Crippen LogP contribution >= 0.6 is 11.6 Å². The van der Waals surface area contributed by atoms with Gasteiger partial charge in [-0.1, -0.05) is 47.1 Å². The Hall–Kier alpha value is -3.45. The molecule has 0 bridgehead atoms. The summed E-state index contributed by atoms with van der Waals surface area (Å²) in [5, 5.41) is 7.42. The smallest absolute Gasteiger partial charge is 0.287 e. The molecule has 0 aliphatic rings. The summed E-state index contributed by atoms with van der Waals surface area (Å²) in [5.74, 6) is 0.315. The van der Waals surface area contributed by atoms with Gasteiger partial charge >= 0.3 is 0 Å². The van der Waals surface area contributed by atoms with E-state index in [0.717, 1.165) is 17.2 Å². The van der Waals surface area contributed by atoms with Gasteiger partial charge in [0.25, 0.3) is 5.91 Å². The predicted octanol–water partition coefficient (Wildman–Crippen LogP) is 3.78. The first-order valence-corrected chi connectivity index (χ1v) is 9.29. The highest BCUT2D eigenvalue weighted by atomic mass is 35.5. The fourth-order valence-corrected chi connectivity index (χ4v) is 2.98. The molecule has 29 heavy (non-hydrogen) atoms. The quantitative estimate of drug-likeness (QED) is 0.538. The highest BCUT2D eigenvalue weighted by molar-refractivity contribution is 6.32. The zero-order valence-electron chi connectivity index (χ0n) is 15.4. The number of nitrogens with zero attached hydrogens (tertiary/aromatic N) is 2. The maximum absolute atomic E-state index is 12.4. The Labute approximate surface area is 170 Å². The largest absolute Gasteiger partial charge is 0.451 e. The Bertz CT molecular complexity index is 1250. The zero-order chi connectivity index (χ0) is 20.4. The molecule has 0 radical (unpaired) electrons. The summed E-state index contributed by atoms with van der Waals surface area (Å²) in [6.07, 6.45) is 0.345. The minimum absolute atomic E-state index is 0.0697. The molecule has 2 heterocycles. The van der Waals surface area contributed by atoms with Crippen LogP contribution in [0.5, 0.6) is 0 Å². The average Bonchev–Trinajstić information content (AvgIpc) is 3.19. The second-order valence-corrected chi connectivity index (χ2v) is 6.86. The van der Waals surface area contributed by atoms with Crippen molar-refractivity contribution < 1.29 is 13.7 Å². The summed E-state index contributed by atoms with van der Waals surface area (Å²) in [6, 6.07) is 13.8. The van der Waals surface area contributed by atoms with Crippen molar-refractivity contribution in [2.24, 2.45) is 0 Å². The van der Waals surface area contributed by atoms with Gasteiger partial charge in [0.2, 0.25) is 11.7 Å². The van der Waals surface area contributed by atoms with Crippen LogP contribution < -0.4 is 10.7 Å². The van der Waals surface area contributed by atoms with Gasteiger partial charge in [0.05, 0.1) is 5.39 Å². The molecule has 1 N–H and O–H groups in total. The maximum atomic E-state index is 12.4. The number of carbonyl (C=O) groups is 1. The van der Waals surface area contributed by atoms with Crippen molar-refractivity contribution in [3.63, 3.8) is 0 Å². The minimum Gasteiger partial charge on any atom is -0.451 e. The van der Waals surface area contributed by atoms with E-state index in [9.17, 15) is 9.59 Å². The molecule has 2 aromatic heterocycles. The Morgan fingerprint density at radius 2 is 1.97 bits per heavy atom. The van der Waals surface area contributed by atoms with Gasteiger partial charge < -0.3 is 14.3 Å². The van der Waals surface area contributed by atoms with Crippen LogP contribution in [0.15, 0.2) is 62.3 Å². The van der Waals surface area contributed by atoms with Crippen LogP contribution in [0.2, 0.25) is 5.02 Å². The number of fused-ring (bicyclic) bond motifs is 1. The third-order valence-corrected chi connectivity index (χ3v) is 4.76. The van der Waals surface area contributed by atoms with Gasteiger partial charge in [0, 0.05) is 29.6 Å². The molecule has 0 saturated heterocycles. The molecule has 0 aliphatic heterocycles. The number of aromatic nitrogens is 2. The van der Waals surface area contributed by atoms with Gasteiger partial charge in [-0.05, 0) is 24.6 Å². The Balaban J connectivity index is 1.43. The van der Waals surface area contributed by atoms with Gasteiger partial charge in [0.1, 0.15) is 5.58 Å². The lowest BCUT2D eigenvalue weighted by atomic mass is 10.1. The first-order chi connectivity index (χ1) is 14.0. The fourth-order valence-electron chi connectivity index (χ4n) is 2.82. The van der Waals surface area contributed by atoms with Gasteiger partial charge in [-0.2, -0.15) is 4.98 Å². The molecule has 2 aromatic carbocycles. The number of hydrogen-bond donors (Lipinski definition) is 1. The summed E-state index contributed by atoms with van der Waals surface area (Å²) in [4.78, 5) is 28.9. The van der Waals surface area contributed by atoms with E-state index in [1.807, 2.05) is 30.3 Å². The Kier molecular flexibility index (Phi) is 5.14. The molecule has 7 nitrogen and oxygen atoms in total. The fraction of sp³-hybridized carbons (Fsp3) is 0.143. The summed E-state index contributed by atoms with van der Waals surface area (Å²) in [6.45, 7) is 2.04. The van der Waals surface area contributed by atoms with Crippen LogP contribution in [0.25, 0.3) is 22.4 Å². The highest BCUT2D eigenvalue weighted by Crippen LogP contribution is 2.22. The van der Waals surface area contributed by atoms with E-state index in [-0.39, 0.29) is 17.7 Å². The van der Waals surface area contributed by atoms with Crippen LogP contribution in [0.4, 0.5) is 0 Å². The van der Waals surface area contributed by atoms with Crippen molar-refractivity contribution in [2.75, 3.05) is 6.54 Å². The van der Waals surface area contributed by atoms with Crippen LogP contribution in [-0.4, -0.2) is 22.6 Å². The molecule has 8 heteroatoms. The lowest BCUT2D eigenvalue weighted by molar-refractivity contribution is 0.0926. The maximum Gasteiger partial charge on any atom is 0.287 e. The number of nitrogens with one attached hydrogen (secondary N) is 1. The second-order valence-electron chi connectivity index (χ2n) is 6.46. The normalized spacial score (nSPS) is 11.0. The van der Waals surface area contributed by atoms with Crippen molar-refractivity contribution in [3.8, 4) is 11.4 Å². The van der Waals surface area contributed by atoms with Gasteiger partial charge in [0.15, 0.2) is 11.2 Å². The molecule has 146 valence electrons. The molecule has 0 saturated carbocycles. The third kappa shape index (κ3) is 4.05. The highest BCUT2D eigenvalue weighted by Gasteiger charge is 2.14. The molecule has 4 rings (SSSR count).